The molecule has 0 aromatic rings. The van der Waals surface area contributed by atoms with E-state index in [4.69, 9.17) is 9.47 Å². The van der Waals surface area contributed by atoms with Crippen molar-refractivity contribution in [3.05, 3.63) is 0 Å². The van der Waals surface area contributed by atoms with Crippen LogP contribution >= 0.6 is 0 Å². The van der Waals surface area contributed by atoms with Crippen molar-refractivity contribution in [2.75, 3.05) is 13.2 Å². The van der Waals surface area contributed by atoms with Gasteiger partial charge in [0.2, 0.25) is 0 Å². The van der Waals surface area contributed by atoms with Crippen LogP contribution in [0.25, 0.3) is 0 Å². The molecule has 0 aromatic carbocycles. The molecule has 0 N–H and O–H groups in total. The molecule has 0 saturated heterocycles. The van der Waals surface area contributed by atoms with E-state index in [-0.39, 0.29) is 12.1 Å². The summed E-state index contributed by atoms with van der Waals surface area (Å²) < 4.78 is 10.1. The van der Waals surface area contributed by atoms with Crippen LogP contribution in [-0.2, 0) is 14.3 Å². The van der Waals surface area contributed by atoms with Crippen molar-refractivity contribution in [1.82, 2.24) is 0 Å². The lowest BCUT2D eigenvalue weighted by molar-refractivity contribution is -0.123. The highest BCUT2D eigenvalue weighted by Gasteiger charge is 1.95. The molecule has 0 amide bonds. The van der Waals surface area contributed by atoms with E-state index in [0.29, 0.717) is 5.92 Å². The van der Waals surface area contributed by atoms with Crippen LogP contribution in [0.4, 0.5) is 0 Å². The van der Waals surface area contributed by atoms with Crippen molar-refractivity contribution < 1.29 is 14.3 Å². The van der Waals surface area contributed by atoms with Gasteiger partial charge in [0.05, 0.1) is 0 Å². The number of carbonyl (C=O) groups is 1. The van der Waals surface area contributed by atoms with Crippen molar-refractivity contribution in [1.29, 1.82) is 0 Å². The molecule has 0 aliphatic carbocycles. The first-order valence-electron chi connectivity index (χ1n) is 7.58. The van der Waals surface area contributed by atoms with Gasteiger partial charge in [-0.05, 0) is 33.6 Å². The molecule has 3 nitrogen and oxygen atoms in total. The summed E-state index contributed by atoms with van der Waals surface area (Å²) in [6, 6.07) is 0. The molecular formula is C16H36O3. The Bertz CT molecular complexity index is 159. The molecule has 0 saturated carbocycles. The number of rotatable bonds is 7. The minimum absolute atomic E-state index is 0.0370. The second-order valence-electron chi connectivity index (χ2n) is 4.78. The number of carbonyl (C=O) groups excluding carboxylic acids is 1. The van der Waals surface area contributed by atoms with Crippen LogP contribution in [0.2, 0.25) is 0 Å². The minimum Gasteiger partial charge on any atom is -0.353 e. The molecule has 0 atom stereocenters. The zero-order valence-electron chi connectivity index (χ0n) is 14.4. The van der Waals surface area contributed by atoms with E-state index in [2.05, 4.69) is 13.8 Å². The summed E-state index contributed by atoms with van der Waals surface area (Å²) in [5.41, 5.74) is 0. The second kappa shape index (κ2) is 19.9. The Morgan fingerprint density at radius 2 is 1.26 bits per heavy atom. The molecular weight excluding hydrogens is 240 g/mol. The zero-order valence-corrected chi connectivity index (χ0v) is 14.4. The Labute approximate surface area is 121 Å². The van der Waals surface area contributed by atoms with Crippen LogP contribution in [0.15, 0.2) is 0 Å². The van der Waals surface area contributed by atoms with E-state index in [9.17, 15) is 4.79 Å². The standard InChI is InChI=1S/C6H14O2.C6H12O.C4H10/c1-4-7-6(3)8-5-2;1-5(2)4-6(3)7;1-3-4-2/h6H,4-5H2,1-3H3;5H,4H2,1-3H3;3-4H2,1-2H3. The highest BCUT2D eigenvalue weighted by atomic mass is 16.7. The summed E-state index contributed by atoms with van der Waals surface area (Å²) in [5, 5.41) is 0. The van der Waals surface area contributed by atoms with E-state index in [1.54, 1.807) is 6.92 Å². The highest BCUT2D eigenvalue weighted by Crippen LogP contribution is 1.97. The smallest absolute Gasteiger partial charge is 0.154 e. The van der Waals surface area contributed by atoms with E-state index in [1.165, 1.54) is 12.8 Å². The van der Waals surface area contributed by atoms with Crippen LogP contribution in [0.5, 0.6) is 0 Å². The van der Waals surface area contributed by atoms with Crippen LogP contribution in [0, 0.1) is 5.92 Å². The fourth-order valence-corrected chi connectivity index (χ4v) is 1.09. The average molecular weight is 276 g/mol. The van der Waals surface area contributed by atoms with Gasteiger partial charge in [0.25, 0.3) is 0 Å². The van der Waals surface area contributed by atoms with Crippen LogP contribution in [0.3, 0.4) is 0 Å². The summed E-state index contributed by atoms with van der Waals surface area (Å²) >= 11 is 0. The normalized spacial score (nSPS) is 9.58. The van der Waals surface area contributed by atoms with Crippen molar-refractivity contribution in [3.63, 3.8) is 0 Å². The third-order valence-corrected chi connectivity index (χ3v) is 2.00. The minimum atomic E-state index is -0.0370. The number of ketones is 1. The molecule has 0 radical (unpaired) electrons. The molecule has 0 aromatic heterocycles. The summed E-state index contributed by atoms with van der Waals surface area (Å²) in [6.45, 7) is 17.3. The Morgan fingerprint density at radius 3 is 1.37 bits per heavy atom. The molecule has 0 rings (SSSR count). The molecule has 19 heavy (non-hydrogen) atoms. The number of hydrogen-bond acceptors (Lipinski definition) is 3. The Kier molecular flexibility index (Phi) is 24.8. The number of Topliss-reactive ketones (excluding diaryl/α,β-unsaturated/α-hetero) is 1. The van der Waals surface area contributed by atoms with Crippen LogP contribution in [-0.4, -0.2) is 25.3 Å². The van der Waals surface area contributed by atoms with Gasteiger partial charge in [0.15, 0.2) is 6.29 Å². The van der Waals surface area contributed by atoms with Gasteiger partial charge in [0, 0.05) is 19.6 Å². The lowest BCUT2D eigenvalue weighted by atomic mass is 10.1. The first kappa shape index (κ1) is 23.7. The predicted molar refractivity (Wildman–Crippen MR) is 83.4 cm³/mol. The first-order valence-corrected chi connectivity index (χ1v) is 7.58. The molecule has 3 heteroatoms. The molecule has 0 heterocycles. The van der Waals surface area contributed by atoms with Crippen molar-refractivity contribution >= 4 is 5.78 Å². The van der Waals surface area contributed by atoms with E-state index in [1.807, 2.05) is 34.6 Å². The maximum absolute atomic E-state index is 10.3. The monoisotopic (exact) mass is 276 g/mol. The van der Waals surface area contributed by atoms with Gasteiger partial charge in [0.1, 0.15) is 5.78 Å². The number of ether oxygens (including phenoxy) is 2. The zero-order chi connectivity index (χ0) is 15.7. The summed E-state index contributed by atoms with van der Waals surface area (Å²) in [4.78, 5) is 10.3. The third kappa shape index (κ3) is 38.1. The molecule has 0 unspecified atom stereocenters. The Hall–Kier alpha value is -0.410. The maximum Gasteiger partial charge on any atom is 0.154 e. The quantitative estimate of drug-likeness (QED) is 0.625. The van der Waals surface area contributed by atoms with Crippen molar-refractivity contribution in [2.24, 2.45) is 5.92 Å². The van der Waals surface area contributed by atoms with Gasteiger partial charge < -0.3 is 14.3 Å². The molecule has 0 aliphatic heterocycles. The summed E-state index contributed by atoms with van der Waals surface area (Å²) in [5.74, 6) is 0.813. The summed E-state index contributed by atoms with van der Waals surface area (Å²) in [6.07, 6.45) is 3.32. The average Bonchev–Trinajstić information content (AvgIpc) is 2.29. The van der Waals surface area contributed by atoms with Gasteiger partial charge in [-0.2, -0.15) is 0 Å². The van der Waals surface area contributed by atoms with Gasteiger partial charge >= 0.3 is 0 Å². The molecule has 0 spiro atoms. The highest BCUT2D eigenvalue weighted by molar-refractivity contribution is 5.75. The van der Waals surface area contributed by atoms with Gasteiger partial charge in [-0.25, -0.2) is 0 Å². The Morgan fingerprint density at radius 1 is 0.895 bits per heavy atom. The van der Waals surface area contributed by atoms with Crippen LogP contribution in [0.1, 0.15) is 74.7 Å². The fraction of sp³-hybridized carbons (Fsp3) is 0.938. The number of hydrogen-bond donors (Lipinski definition) is 0. The topological polar surface area (TPSA) is 35.5 Å². The molecule has 118 valence electrons. The number of unbranched alkanes of at least 4 members (excludes halogenated alkanes) is 1. The van der Waals surface area contributed by atoms with E-state index < -0.39 is 0 Å². The second-order valence-corrected chi connectivity index (χ2v) is 4.78. The Balaban J connectivity index is -0.000000214. The first-order chi connectivity index (χ1) is 8.85. The lowest BCUT2D eigenvalue weighted by Gasteiger charge is -2.09. The van der Waals surface area contributed by atoms with Crippen molar-refractivity contribution in [2.45, 2.75) is 80.9 Å². The summed E-state index contributed by atoms with van der Waals surface area (Å²) in [7, 11) is 0. The third-order valence-electron chi connectivity index (χ3n) is 2.00. The van der Waals surface area contributed by atoms with E-state index in [0.717, 1.165) is 19.6 Å². The van der Waals surface area contributed by atoms with Gasteiger partial charge in [-0.15, -0.1) is 0 Å². The van der Waals surface area contributed by atoms with Crippen LogP contribution < -0.4 is 0 Å². The molecule has 0 fully saturated rings. The van der Waals surface area contributed by atoms with Gasteiger partial charge in [-0.3, -0.25) is 0 Å². The molecule has 0 aliphatic rings. The lowest BCUT2D eigenvalue weighted by Crippen LogP contribution is -2.11. The maximum atomic E-state index is 10.3. The SMILES string of the molecule is CC(=O)CC(C)C.CCCC.CCOC(C)OCC. The van der Waals surface area contributed by atoms with Crippen molar-refractivity contribution in [3.8, 4) is 0 Å². The largest absolute Gasteiger partial charge is 0.353 e. The predicted octanol–water partition coefficient (Wildman–Crippen LogP) is 4.83. The van der Waals surface area contributed by atoms with E-state index >= 15 is 0 Å². The molecule has 0 bridgehead atoms. The van der Waals surface area contributed by atoms with Gasteiger partial charge in [-0.1, -0.05) is 40.5 Å². The fourth-order valence-electron chi connectivity index (χ4n) is 1.09.